The van der Waals surface area contributed by atoms with E-state index in [1.165, 1.54) is 24.0 Å². The molecule has 0 atom stereocenters. The maximum absolute atomic E-state index is 6.26. The second-order valence-electron chi connectivity index (χ2n) is 4.90. The topological polar surface area (TPSA) is 38.9 Å². The summed E-state index contributed by atoms with van der Waals surface area (Å²) in [5.41, 5.74) is 10.7. The number of rotatable bonds is 5. The van der Waals surface area contributed by atoms with Crippen LogP contribution in [-0.4, -0.2) is 4.98 Å². The highest BCUT2D eigenvalue weighted by molar-refractivity contribution is 5.91. The Kier molecular flexibility index (Phi) is 4.19. The lowest BCUT2D eigenvalue weighted by atomic mass is 10.0. The van der Waals surface area contributed by atoms with Crippen LogP contribution < -0.4 is 5.73 Å². The zero-order valence-corrected chi connectivity index (χ0v) is 11.4. The zero-order chi connectivity index (χ0) is 13.0. The molecule has 0 spiro atoms. The van der Waals surface area contributed by atoms with Crippen molar-refractivity contribution in [2.24, 2.45) is 0 Å². The van der Waals surface area contributed by atoms with Crippen molar-refractivity contribution >= 4 is 16.6 Å². The number of aryl methyl sites for hydroxylation is 2. The van der Waals surface area contributed by atoms with Crippen molar-refractivity contribution in [3.05, 3.63) is 35.5 Å². The third-order valence-electron chi connectivity index (χ3n) is 3.39. The molecule has 2 aromatic rings. The van der Waals surface area contributed by atoms with Crippen LogP contribution in [-0.2, 0) is 12.8 Å². The highest BCUT2D eigenvalue weighted by atomic mass is 14.7. The lowest BCUT2D eigenvalue weighted by Gasteiger charge is -2.09. The van der Waals surface area contributed by atoms with Gasteiger partial charge in [-0.15, -0.1) is 0 Å². The molecule has 0 fully saturated rings. The van der Waals surface area contributed by atoms with Crippen LogP contribution in [0.3, 0.4) is 0 Å². The van der Waals surface area contributed by atoms with Crippen LogP contribution in [0, 0.1) is 0 Å². The van der Waals surface area contributed by atoms with Gasteiger partial charge in [0.15, 0.2) is 0 Å². The van der Waals surface area contributed by atoms with Crippen molar-refractivity contribution < 1.29 is 0 Å². The Morgan fingerprint density at radius 1 is 1.11 bits per heavy atom. The van der Waals surface area contributed by atoms with Crippen LogP contribution in [0.4, 0.5) is 5.69 Å². The molecule has 2 N–H and O–H groups in total. The number of benzene rings is 1. The van der Waals surface area contributed by atoms with Gasteiger partial charge in [-0.3, -0.25) is 4.98 Å². The smallest absolute Gasteiger partial charge is 0.0723 e. The van der Waals surface area contributed by atoms with Crippen molar-refractivity contribution in [1.82, 2.24) is 4.98 Å². The molecule has 0 aliphatic heterocycles. The number of nitrogens with two attached hydrogens (primary N) is 1. The summed E-state index contributed by atoms with van der Waals surface area (Å²) >= 11 is 0. The Bertz CT molecular complexity index is 532. The number of hydrogen-bond donors (Lipinski definition) is 1. The van der Waals surface area contributed by atoms with E-state index in [0.29, 0.717) is 0 Å². The molecule has 0 amide bonds. The van der Waals surface area contributed by atoms with Gasteiger partial charge in [-0.05, 0) is 42.5 Å². The number of unbranched alkanes of at least 4 members (excludes halogenated alkanes) is 1. The second kappa shape index (κ2) is 5.85. The first-order valence-electron chi connectivity index (χ1n) is 6.92. The predicted molar refractivity (Wildman–Crippen MR) is 78.8 cm³/mol. The van der Waals surface area contributed by atoms with Crippen molar-refractivity contribution in [3.8, 4) is 0 Å². The molecule has 2 nitrogen and oxygen atoms in total. The molecule has 96 valence electrons. The first kappa shape index (κ1) is 12.9. The van der Waals surface area contributed by atoms with Crippen LogP contribution in [0.25, 0.3) is 10.9 Å². The molecule has 0 saturated heterocycles. The molecule has 1 aromatic heterocycles. The van der Waals surface area contributed by atoms with Gasteiger partial charge in [0.1, 0.15) is 0 Å². The van der Waals surface area contributed by atoms with Gasteiger partial charge in [0, 0.05) is 17.3 Å². The Balaban J connectivity index is 2.42. The minimum atomic E-state index is 0.917. The number of hydrogen-bond acceptors (Lipinski definition) is 2. The molecule has 0 unspecified atom stereocenters. The van der Waals surface area contributed by atoms with Gasteiger partial charge in [-0.1, -0.05) is 32.8 Å². The van der Waals surface area contributed by atoms with E-state index in [4.69, 9.17) is 5.73 Å². The molecular formula is C16H22N2. The average molecular weight is 242 g/mol. The standard InChI is InChI=1S/C16H22N2/c1-3-5-7-12-8-9-15-14(10-12)16(17)13(6-4-2)11-18-15/h8-11H,3-7H2,1-2H3,(H2,17,18). The Morgan fingerprint density at radius 2 is 1.94 bits per heavy atom. The lowest BCUT2D eigenvalue weighted by molar-refractivity contribution is 0.796. The quantitative estimate of drug-likeness (QED) is 0.856. The molecular weight excluding hydrogens is 220 g/mol. The summed E-state index contributed by atoms with van der Waals surface area (Å²) < 4.78 is 0. The van der Waals surface area contributed by atoms with Crippen molar-refractivity contribution in [1.29, 1.82) is 0 Å². The fourth-order valence-corrected chi connectivity index (χ4v) is 2.31. The normalized spacial score (nSPS) is 11.0. The van der Waals surface area contributed by atoms with Gasteiger partial charge < -0.3 is 5.73 Å². The maximum atomic E-state index is 6.26. The number of pyridine rings is 1. The van der Waals surface area contributed by atoms with Gasteiger partial charge >= 0.3 is 0 Å². The summed E-state index contributed by atoms with van der Waals surface area (Å²) in [6.07, 6.45) is 7.62. The molecule has 0 aliphatic carbocycles. The van der Waals surface area contributed by atoms with Gasteiger partial charge in [-0.2, -0.15) is 0 Å². The van der Waals surface area contributed by atoms with Crippen LogP contribution >= 0.6 is 0 Å². The van der Waals surface area contributed by atoms with Crippen LogP contribution in [0.2, 0.25) is 0 Å². The van der Waals surface area contributed by atoms with Crippen molar-refractivity contribution in [2.45, 2.75) is 46.0 Å². The van der Waals surface area contributed by atoms with E-state index >= 15 is 0 Å². The van der Waals surface area contributed by atoms with Crippen LogP contribution in [0.15, 0.2) is 24.4 Å². The largest absolute Gasteiger partial charge is 0.398 e. The van der Waals surface area contributed by atoms with Crippen molar-refractivity contribution in [3.63, 3.8) is 0 Å². The average Bonchev–Trinajstić information content (AvgIpc) is 2.40. The highest BCUT2D eigenvalue weighted by Crippen LogP contribution is 2.25. The molecule has 2 heteroatoms. The van der Waals surface area contributed by atoms with E-state index in [9.17, 15) is 0 Å². The first-order chi connectivity index (χ1) is 8.76. The summed E-state index contributed by atoms with van der Waals surface area (Å²) in [4.78, 5) is 4.50. The molecule has 2 rings (SSSR count). The molecule has 1 heterocycles. The Morgan fingerprint density at radius 3 is 2.67 bits per heavy atom. The van der Waals surface area contributed by atoms with E-state index in [0.717, 1.165) is 35.9 Å². The van der Waals surface area contributed by atoms with Gasteiger partial charge in [-0.25, -0.2) is 0 Å². The molecule has 0 saturated carbocycles. The summed E-state index contributed by atoms with van der Waals surface area (Å²) in [7, 11) is 0. The predicted octanol–water partition coefficient (Wildman–Crippen LogP) is 4.11. The Hall–Kier alpha value is -1.57. The van der Waals surface area contributed by atoms with Crippen LogP contribution in [0.1, 0.15) is 44.2 Å². The summed E-state index contributed by atoms with van der Waals surface area (Å²) in [5, 5.41) is 1.12. The lowest BCUT2D eigenvalue weighted by Crippen LogP contribution is -1.98. The van der Waals surface area contributed by atoms with E-state index in [-0.39, 0.29) is 0 Å². The number of aromatic nitrogens is 1. The third kappa shape index (κ3) is 2.63. The molecule has 18 heavy (non-hydrogen) atoms. The maximum Gasteiger partial charge on any atom is 0.0723 e. The van der Waals surface area contributed by atoms with E-state index in [2.05, 4.69) is 37.0 Å². The SMILES string of the molecule is CCCCc1ccc2ncc(CCC)c(N)c2c1. The van der Waals surface area contributed by atoms with Gasteiger partial charge in [0.25, 0.3) is 0 Å². The molecule has 0 bridgehead atoms. The monoisotopic (exact) mass is 242 g/mol. The molecule has 1 aromatic carbocycles. The second-order valence-corrected chi connectivity index (χ2v) is 4.90. The Labute approximate surface area is 109 Å². The van der Waals surface area contributed by atoms with Gasteiger partial charge in [0.05, 0.1) is 5.52 Å². The minimum absolute atomic E-state index is 0.917. The van der Waals surface area contributed by atoms with Crippen LogP contribution in [0.5, 0.6) is 0 Å². The number of anilines is 1. The van der Waals surface area contributed by atoms with E-state index in [1.54, 1.807) is 0 Å². The number of nitrogen functional groups attached to an aromatic ring is 1. The fraction of sp³-hybridized carbons (Fsp3) is 0.438. The first-order valence-corrected chi connectivity index (χ1v) is 6.92. The zero-order valence-electron chi connectivity index (χ0n) is 11.4. The number of fused-ring (bicyclic) bond motifs is 1. The minimum Gasteiger partial charge on any atom is -0.398 e. The van der Waals surface area contributed by atoms with Crippen molar-refractivity contribution in [2.75, 3.05) is 5.73 Å². The summed E-state index contributed by atoms with van der Waals surface area (Å²) in [6, 6.07) is 6.48. The summed E-state index contributed by atoms with van der Waals surface area (Å²) in [5.74, 6) is 0. The van der Waals surface area contributed by atoms with Gasteiger partial charge in [0.2, 0.25) is 0 Å². The third-order valence-corrected chi connectivity index (χ3v) is 3.39. The highest BCUT2D eigenvalue weighted by Gasteiger charge is 2.06. The van der Waals surface area contributed by atoms with E-state index < -0.39 is 0 Å². The fourth-order valence-electron chi connectivity index (χ4n) is 2.31. The summed E-state index contributed by atoms with van der Waals surface area (Å²) in [6.45, 7) is 4.39. The molecule has 0 aliphatic rings. The number of nitrogens with zero attached hydrogens (tertiary/aromatic N) is 1. The van der Waals surface area contributed by atoms with E-state index in [1.807, 2.05) is 6.20 Å². The molecule has 0 radical (unpaired) electrons.